The number of ether oxygens (including phenoxy) is 2. The van der Waals surface area contributed by atoms with Crippen LogP contribution in [0.2, 0.25) is 0 Å². The molecule has 0 spiro atoms. The molecule has 2 aliphatic rings. The van der Waals surface area contributed by atoms with Crippen molar-refractivity contribution in [1.29, 1.82) is 0 Å². The molecule has 1 N–H and O–H groups in total. The molecule has 2 aliphatic heterocycles. The summed E-state index contributed by atoms with van der Waals surface area (Å²) < 4.78 is 10.7. The number of carbonyl (C=O) groups excluding carboxylic acids is 3. The number of aryl methyl sites for hydroxylation is 1. The van der Waals surface area contributed by atoms with Crippen molar-refractivity contribution in [1.82, 2.24) is 15.1 Å². The normalized spacial score (nSPS) is 19.5. The fourth-order valence-corrected chi connectivity index (χ4v) is 3.74. The molecule has 8 heteroatoms. The van der Waals surface area contributed by atoms with Crippen LogP contribution < -0.4 is 14.8 Å². The molecule has 1 unspecified atom stereocenters. The van der Waals surface area contributed by atoms with E-state index < -0.39 is 17.5 Å². The third kappa shape index (κ3) is 3.81. The van der Waals surface area contributed by atoms with Crippen LogP contribution in [0, 0.1) is 0 Å². The van der Waals surface area contributed by atoms with E-state index in [-0.39, 0.29) is 19.2 Å². The maximum absolute atomic E-state index is 13.1. The Balaban J connectivity index is 1.45. The maximum Gasteiger partial charge on any atom is 0.325 e. The first-order chi connectivity index (χ1) is 14.8. The number of benzene rings is 2. The number of amides is 4. The molecule has 1 saturated heterocycles. The first-order valence-corrected chi connectivity index (χ1v) is 10.2. The molecular formula is C23H25N3O5. The van der Waals surface area contributed by atoms with Crippen LogP contribution in [0.1, 0.15) is 30.5 Å². The molecule has 8 nitrogen and oxygen atoms in total. The van der Waals surface area contributed by atoms with Crippen molar-refractivity contribution in [2.75, 3.05) is 20.4 Å². The third-order valence-electron chi connectivity index (χ3n) is 5.79. The molecule has 162 valence electrons. The molecule has 0 bridgehead atoms. The smallest absolute Gasteiger partial charge is 0.325 e. The zero-order valence-electron chi connectivity index (χ0n) is 17.8. The first-order valence-electron chi connectivity index (χ1n) is 10.2. The molecule has 2 aromatic carbocycles. The van der Waals surface area contributed by atoms with Crippen molar-refractivity contribution in [2.45, 2.75) is 32.4 Å². The second-order valence-electron chi connectivity index (χ2n) is 7.93. The van der Waals surface area contributed by atoms with Crippen LogP contribution in [0.25, 0.3) is 0 Å². The van der Waals surface area contributed by atoms with E-state index in [0.717, 1.165) is 16.9 Å². The van der Waals surface area contributed by atoms with Crippen molar-refractivity contribution in [2.24, 2.45) is 0 Å². The van der Waals surface area contributed by atoms with Gasteiger partial charge in [-0.15, -0.1) is 0 Å². The molecule has 4 amide bonds. The highest BCUT2D eigenvalue weighted by Crippen LogP contribution is 2.37. The highest BCUT2D eigenvalue weighted by atomic mass is 16.7. The second-order valence-corrected chi connectivity index (χ2v) is 7.93. The van der Waals surface area contributed by atoms with Crippen molar-refractivity contribution < 1.29 is 23.9 Å². The number of nitrogens with one attached hydrogen (secondary N) is 1. The minimum absolute atomic E-state index is 0.115. The molecule has 0 aliphatic carbocycles. The van der Waals surface area contributed by atoms with E-state index in [2.05, 4.69) is 12.2 Å². The van der Waals surface area contributed by atoms with Gasteiger partial charge in [-0.1, -0.05) is 37.3 Å². The Morgan fingerprint density at radius 2 is 1.77 bits per heavy atom. The molecule has 31 heavy (non-hydrogen) atoms. The summed E-state index contributed by atoms with van der Waals surface area (Å²) in [7, 11) is 1.66. The van der Waals surface area contributed by atoms with E-state index in [1.807, 2.05) is 24.3 Å². The highest BCUT2D eigenvalue weighted by Gasteiger charge is 2.50. The predicted octanol–water partition coefficient (Wildman–Crippen LogP) is 2.40. The summed E-state index contributed by atoms with van der Waals surface area (Å²) in [5, 5.41) is 2.71. The number of hydrogen-bond donors (Lipinski definition) is 1. The van der Waals surface area contributed by atoms with Crippen LogP contribution in [0.4, 0.5) is 4.79 Å². The SMILES string of the molecule is CCc1ccc(CN(C)C(=O)CN2C(=O)NC(C)(c3ccc4c(c3)OCO4)C2=O)cc1. The number of urea groups is 1. The summed E-state index contributed by atoms with van der Waals surface area (Å²) in [6.45, 7) is 3.89. The second kappa shape index (κ2) is 7.94. The predicted molar refractivity (Wildman–Crippen MR) is 112 cm³/mol. The van der Waals surface area contributed by atoms with Gasteiger partial charge < -0.3 is 19.7 Å². The minimum Gasteiger partial charge on any atom is -0.454 e. The quantitative estimate of drug-likeness (QED) is 0.721. The molecule has 2 aromatic rings. The molecule has 0 radical (unpaired) electrons. The minimum atomic E-state index is -1.28. The number of nitrogens with zero attached hydrogens (tertiary/aromatic N) is 2. The fourth-order valence-electron chi connectivity index (χ4n) is 3.74. The van der Waals surface area contributed by atoms with Gasteiger partial charge in [0.2, 0.25) is 12.7 Å². The van der Waals surface area contributed by atoms with Gasteiger partial charge >= 0.3 is 6.03 Å². The summed E-state index contributed by atoms with van der Waals surface area (Å²) in [6.07, 6.45) is 0.948. The number of imide groups is 1. The Bertz CT molecular complexity index is 1040. The number of fused-ring (bicyclic) bond motifs is 1. The summed E-state index contributed by atoms with van der Waals surface area (Å²) in [4.78, 5) is 40.9. The first kappa shape index (κ1) is 20.7. The van der Waals surface area contributed by atoms with E-state index in [1.165, 1.54) is 10.5 Å². The Morgan fingerprint density at radius 1 is 1.10 bits per heavy atom. The van der Waals surface area contributed by atoms with Gasteiger partial charge in [0, 0.05) is 13.6 Å². The summed E-state index contributed by atoms with van der Waals surface area (Å²) in [5.41, 5.74) is 1.48. The number of rotatable bonds is 6. The average Bonchev–Trinajstić information content (AvgIpc) is 3.32. The third-order valence-corrected chi connectivity index (χ3v) is 5.79. The molecule has 0 saturated carbocycles. The van der Waals surface area contributed by atoms with Gasteiger partial charge in [-0.25, -0.2) is 4.79 Å². The molecular weight excluding hydrogens is 398 g/mol. The maximum atomic E-state index is 13.1. The molecule has 1 atom stereocenters. The van der Waals surface area contributed by atoms with E-state index in [1.54, 1.807) is 32.2 Å². The van der Waals surface area contributed by atoms with Gasteiger partial charge in [0.05, 0.1) is 0 Å². The zero-order chi connectivity index (χ0) is 22.2. The highest BCUT2D eigenvalue weighted by molar-refractivity contribution is 6.09. The Morgan fingerprint density at radius 3 is 2.48 bits per heavy atom. The monoisotopic (exact) mass is 423 g/mol. The van der Waals surface area contributed by atoms with Crippen molar-refractivity contribution in [3.8, 4) is 11.5 Å². The molecule has 1 fully saturated rings. The lowest BCUT2D eigenvalue weighted by atomic mass is 9.91. The van der Waals surface area contributed by atoms with Crippen molar-refractivity contribution in [3.63, 3.8) is 0 Å². The standard InChI is InChI=1S/C23H25N3O5/c1-4-15-5-7-16(8-6-15)12-25(3)20(27)13-26-21(28)23(2,24-22(26)29)17-9-10-18-19(11-17)31-14-30-18/h5-11H,4,12-14H2,1-3H3,(H,24,29). The summed E-state index contributed by atoms with van der Waals surface area (Å²) in [5.74, 6) is 0.303. The van der Waals surface area contributed by atoms with E-state index in [0.29, 0.717) is 23.6 Å². The van der Waals surface area contributed by atoms with Gasteiger partial charge in [-0.2, -0.15) is 0 Å². The van der Waals surface area contributed by atoms with Gasteiger partial charge in [0.15, 0.2) is 11.5 Å². The fraction of sp³-hybridized carbons (Fsp3) is 0.348. The van der Waals surface area contributed by atoms with Crippen LogP contribution in [-0.4, -0.2) is 48.0 Å². The lowest BCUT2D eigenvalue weighted by molar-refractivity contribution is -0.138. The average molecular weight is 423 g/mol. The number of likely N-dealkylation sites (N-methyl/N-ethyl adjacent to an activating group) is 1. The Labute approximate surface area is 180 Å². The van der Waals surface area contributed by atoms with Crippen LogP contribution in [-0.2, 0) is 28.1 Å². The van der Waals surface area contributed by atoms with Crippen LogP contribution >= 0.6 is 0 Å². The zero-order valence-corrected chi connectivity index (χ0v) is 17.8. The molecule has 2 heterocycles. The van der Waals surface area contributed by atoms with Gasteiger partial charge in [-0.05, 0) is 42.2 Å². The van der Waals surface area contributed by atoms with Crippen LogP contribution in [0.15, 0.2) is 42.5 Å². The lowest BCUT2D eigenvalue weighted by Gasteiger charge is -2.23. The Kier molecular flexibility index (Phi) is 5.31. The topological polar surface area (TPSA) is 88.2 Å². The van der Waals surface area contributed by atoms with Gasteiger partial charge in [0.1, 0.15) is 12.1 Å². The van der Waals surface area contributed by atoms with Crippen LogP contribution in [0.3, 0.4) is 0 Å². The van der Waals surface area contributed by atoms with Crippen molar-refractivity contribution in [3.05, 3.63) is 59.2 Å². The molecule has 4 rings (SSSR count). The van der Waals surface area contributed by atoms with E-state index >= 15 is 0 Å². The Hall–Kier alpha value is -3.55. The summed E-state index contributed by atoms with van der Waals surface area (Å²) >= 11 is 0. The van der Waals surface area contributed by atoms with Crippen LogP contribution in [0.5, 0.6) is 11.5 Å². The van der Waals surface area contributed by atoms with E-state index in [9.17, 15) is 14.4 Å². The van der Waals surface area contributed by atoms with E-state index in [4.69, 9.17) is 9.47 Å². The lowest BCUT2D eigenvalue weighted by Crippen LogP contribution is -2.43. The van der Waals surface area contributed by atoms with Gasteiger partial charge in [-0.3, -0.25) is 14.5 Å². The number of carbonyl (C=O) groups is 3. The number of hydrogen-bond acceptors (Lipinski definition) is 5. The molecule has 0 aromatic heterocycles. The van der Waals surface area contributed by atoms with Crippen molar-refractivity contribution >= 4 is 17.8 Å². The largest absolute Gasteiger partial charge is 0.454 e. The van der Waals surface area contributed by atoms with Gasteiger partial charge in [0.25, 0.3) is 5.91 Å². The summed E-state index contributed by atoms with van der Waals surface area (Å²) in [6, 6.07) is 12.5.